The normalized spacial score (nSPS) is 11.3. The minimum absolute atomic E-state index is 0. The molecule has 0 aliphatic heterocycles. The first kappa shape index (κ1) is 22.3. The second-order valence-electron chi connectivity index (χ2n) is 6.79. The summed E-state index contributed by atoms with van der Waals surface area (Å²) in [6.07, 6.45) is 0.860. The molecule has 0 fully saturated rings. The Bertz CT molecular complexity index is 691. The van der Waals surface area contributed by atoms with Gasteiger partial charge in [-0.05, 0) is 23.4 Å². The van der Waals surface area contributed by atoms with E-state index in [0.29, 0.717) is 11.9 Å². The van der Waals surface area contributed by atoms with E-state index in [1.54, 1.807) is 19.0 Å². The summed E-state index contributed by atoms with van der Waals surface area (Å²) >= 11 is 0. The third-order valence-corrected chi connectivity index (χ3v) is 3.82. The minimum Gasteiger partial charge on any atom is -0.358 e. The molecule has 26 heavy (non-hydrogen) atoms. The Morgan fingerprint density at radius 2 is 1.96 bits per heavy atom. The standard InChI is InChI=1S/C19H29N5O.HI/c1-14(2)12-21-19(22-13-18(25)24(3)4)20-10-9-16-11-15-7-5-6-8-17(15)23-16;/h5-8,11,14,23H,9-10,12-13H2,1-4H3,(H2,20,21,22);1H. The van der Waals surface area contributed by atoms with Crippen molar-refractivity contribution in [1.82, 2.24) is 20.5 Å². The molecule has 0 spiro atoms. The van der Waals surface area contributed by atoms with Crippen LogP contribution >= 0.6 is 24.0 Å². The fourth-order valence-electron chi connectivity index (χ4n) is 2.35. The number of H-pyrrole nitrogens is 1. The maximum Gasteiger partial charge on any atom is 0.243 e. The molecule has 144 valence electrons. The van der Waals surface area contributed by atoms with Crippen molar-refractivity contribution in [3.63, 3.8) is 0 Å². The van der Waals surface area contributed by atoms with Crippen molar-refractivity contribution >= 4 is 46.7 Å². The Labute approximate surface area is 172 Å². The predicted molar refractivity (Wildman–Crippen MR) is 119 cm³/mol. The lowest BCUT2D eigenvalue weighted by molar-refractivity contribution is -0.127. The Balaban J connectivity index is 0.00000338. The number of guanidine groups is 1. The molecular weight excluding hydrogens is 441 g/mol. The minimum atomic E-state index is -0.0127. The molecule has 0 aliphatic carbocycles. The molecule has 0 bridgehead atoms. The van der Waals surface area contributed by atoms with Crippen LogP contribution in [0.15, 0.2) is 35.3 Å². The number of aliphatic imine (C=N–C) groups is 1. The van der Waals surface area contributed by atoms with Crippen LogP contribution < -0.4 is 10.6 Å². The van der Waals surface area contributed by atoms with Gasteiger partial charge in [-0.2, -0.15) is 0 Å². The van der Waals surface area contributed by atoms with E-state index in [-0.39, 0.29) is 36.4 Å². The first-order chi connectivity index (χ1) is 12.0. The average Bonchev–Trinajstić information content (AvgIpc) is 2.98. The molecule has 2 aromatic rings. The van der Waals surface area contributed by atoms with Gasteiger partial charge in [0.1, 0.15) is 6.54 Å². The first-order valence-electron chi connectivity index (χ1n) is 8.74. The Morgan fingerprint density at radius 3 is 2.62 bits per heavy atom. The Kier molecular flexibility index (Phi) is 9.47. The molecule has 0 unspecified atom stereocenters. The second kappa shape index (κ2) is 11.1. The molecule has 7 heteroatoms. The van der Waals surface area contributed by atoms with Crippen molar-refractivity contribution in [3.05, 3.63) is 36.0 Å². The van der Waals surface area contributed by atoms with Crippen LogP contribution in [0.1, 0.15) is 19.5 Å². The highest BCUT2D eigenvalue weighted by Gasteiger charge is 2.06. The number of aromatic nitrogens is 1. The summed E-state index contributed by atoms with van der Waals surface area (Å²) < 4.78 is 0. The lowest BCUT2D eigenvalue weighted by Gasteiger charge is -2.14. The summed E-state index contributed by atoms with van der Waals surface area (Å²) in [5.41, 5.74) is 2.34. The number of hydrogen-bond acceptors (Lipinski definition) is 2. The van der Waals surface area contributed by atoms with Gasteiger partial charge in [-0.1, -0.05) is 32.0 Å². The van der Waals surface area contributed by atoms with Gasteiger partial charge in [-0.3, -0.25) is 4.79 Å². The fourth-order valence-corrected chi connectivity index (χ4v) is 2.35. The zero-order chi connectivity index (χ0) is 18.2. The number of likely N-dealkylation sites (N-methyl/N-ethyl adjacent to an activating group) is 1. The average molecular weight is 471 g/mol. The highest BCUT2D eigenvalue weighted by Crippen LogP contribution is 2.14. The molecule has 0 atom stereocenters. The number of aromatic amines is 1. The number of hydrogen-bond donors (Lipinski definition) is 3. The van der Waals surface area contributed by atoms with Crippen molar-refractivity contribution in [3.8, 4) is 0 Å². The Morgan fingerprint density at radius 1 is 1.23 bits per heavy atom. The number of amides is 1. The van der Waals surface area contributed by atoms with Gasteiger partial charge in [0.05, 0.1) is 0 Å². The molecule has 0 saturated heterocycles. The maximum atomic E-state index is 11.7. The largest absolute Gasteiger partial charge is 0.358 e. The van der Waals surface area contributed by atoms with Crippen molar-refractivity contribution < 1.29 is 4.79 Å². The molecule has 1 aromatic heterocycles. The summed E-state index contributed by atoms with van der Waals surface area (Å²) in [5, 5.41) is 7.82. The smallest absolute Gasteiger partial charge is 0.243 e. The lowest BCUT2D eigenvalue weighted by atomic mass is 10.2. The molecule has 2 rings (SSSR count). The molecule has 3 N–H and O–H groups in total. The number of benzene rings is 1. The van der Waals surface area contributed by atoms with Crippen molar-refractivity contribution in [2.24, 2.45) is 10.9 Å². The van der Waals surface area contributed by atoms with E-state index >= 15 is 0 Å². The van der Waals surface area contributed by atoms with Gasteiger partial charge >= 0.3 is 0 Å². The van der Waals surface area contributed by atoms with Gasteiger partial charge in [0.15, 0.2) is 5.96 Å². The number of nitrogens with one attached hydrogen (secondary N) is 3. The molecule has 1 amide bonds. The predicted octanol–water partition coefficient (Wildman–Crippen LogP) is 2.61. The summed E-state index contributed by atoms with van der Waals surface area (Å²) in [6, 6.07) is 10.4. The maximum absolute atomic E-state index is 11.7. The van der Waals surface area contributed by atoms with Gasteiger partial charge in [-0.25, -0.2) is 4.99 Å². The highest BCUT2D eigenvalue weighted by atomic mass is 127. The molecular formula is C19H30IN5O. The monoisotopic (exact) mass is 471 g/mol. The molecule has 6 nitrogen and oxygen atoms in total. The van der Waals surface area contributed by atoms with Gasteiger partial charge in [0.25, 0.3) is 0 Å². The first-order valence-corrected chi connectivity index (χ1v) is 8.74. The molecule has 1 aromatic carbocycles. The zero-order valence-electron chi connectivity index (χ0n) is 16.0. The summed E-state index contributed by atoms with van der Waals surface area (Å²) in [4.78, 5) is 21.1. The highest BCUT2D eigenvalue weighted by molar-refractivity contribution is 14.0. The molecule has 0 saturated carbocycles. The van der Waals surface area contributed by atoms with Crippen molar-refractivity contribution in [2.75, 3.05) is 33.7 Å². The second-order valence-corrected chi connectivity index (χ2v) is 6.79. The summed E-state index contributed by atoms with van der Waals surface area (Å²) in [5.74, 6) is 1.17. The Hall–Kier alpha value is -1.77. The molecule has 0 aliphatic rings. The number of carbonyl (C=O) groups excluding carboxylic acids is 1. The van der Waals surface area contributed by atoms with Crippen LogP contribution in [0.3, 0.4) is 0 Å². The van der Waals surface area contributed by atoms with E-state index in [1.165, 1.54) is 11.1 Å². The van der Waals surface area contributed by atoms with Crippen LogP contribution in [0.25, 0.3) is 10.9 Å². The number of fused-ring (bicyclic) bond motifs is 1. The van der Waals surface area contributed by atoms with E-state index in [9.17, 15) is 4.79 Å². The number of nitrogens with zero attached hydrogens (tertiary/aromatic N) is 2. The number of para-hydroxylation sites is 1. The van der Waals surface area contributed by atoms with Gasteiger partial charge < -0.3 is 20.5 Å². The van der Waals surface area contributed by atoms with E-state index in [4.69, 9.17) is 0 Å². The van der Waals surface area contributed by atoms with E-state index < -0.39 is 0 Å². The molecule has 1 heterocycles. The number of rotatable bonds is 7. The van der Waals surface area contributed by atoms with Gasteiger partial charge in [0.2, 0.25) is 5.91 Å². The number of carbonyl (C=O) groups is 1. The summed E-state index contributed by atoms with van der Waals surface area (Å²) in [7, 11) is 3.48. The van der Waals surface area contributed by atoms with Crippen molar-refractivity contribution in [1.29, 1.82) is 0 Å². The topological polar surface area (TPSA) is 72.5 Å². The van der Waals surface area contributed by atoms with Gasteiger partial charge in [-0.15, -0.1) is 24.0 Å². The lowest BCUT2D eigenvalue weighted by Crippen LogP contribution is -2.41. The third kappa shape index (κ3) is 7.23. The fraction of sp³-hybridized carbons (Fsp3) is 0.474. The van der Waals surface area contributed by atoms with Crippen LogP contribution in [-0.2, 0) is 11.2 Å². The zero-order valence-corrected chi connectivity index (χ0v) is 18.3. The van der Waals surface area contributed by atoms with E-state index in [2.05, 4.69) is 52.7 Å². The van der Waals surface area contributed by atoms with Crippen LogP contribution in [0.5, 0.6) is 0 Å². The van der Waals surface area contributed by atoms with Crippen LogP contribution in [0.4, 0.5) is 0 Å². The quantitative estimate of drug-likeness (QED) is 0.330. The number of halogens is 1. The van der Waals surface area contributed by atoms with E-state index in [1.807, 2.05) is 12.1 Å². The van der Waals surface area contributed by atoms with Crippen molar-refractivity contribution in [2.45, 2.75) is 20.3 Å². The SMILES string of the molecule is CC(C)CNC(=NCC(=O)N(C)C)NCCc1cc2ccccc2[nH]1.I. The van der Waals surface area contributed by atoms with Crippen LogP contribution in [0.2, 0.25) is 0 Å². The third-order valence-electron chi connectivity index (χ3n) is 3.82. The molecule has 0 radical (unpaired) electrons. The van der Waals surface area contributed by atoms with Crippen LogP contribution in [-0.4, -0.2) is 55.5 Å². The van der Waals surface area contributed by atoms with Crippen LogP contribution in [0, 0.1) is 5.92 Å². The summed E-state index contributed by atoms with van der Waals surface area (Å²) in [6.45, 7) is 5.98. The van der Waals surface area contributed by atoms with E-state index in [0.717, 1.165) is 25.0 Å². The van der Waals surface area contributed by atoms with Gasteiger partial charge in [0, 0.05) is 44.8 Å².